The van der Waals surface area contributed by atoms with Gasteiger partial charge in [-0.15, -0.1) is 0 Å². The van der Waals surface area contributed by atoms with Gasteiger partial charge in [0.15, 0.2) is 0 Å². The number of hydrogen-bond acceptors (Lipinski definition) is 2. The van der Waals surface area contributed by atoms with E-state index >= 15 is 0 Å². The van der Waals surface area contributed by atoms with Crippen LogP contribution in [0.2, 0.25) is 0 Å². The zero-order valence-corrected chi connectivity index (χ0v) is 15.6. The zero-order valence-electron chi connectivity index (χ0n) is 15.6. The van der Waals surface area contributed by atoms with Crippen molar-refractivity contribution < 1.29 is 9.47 Å². The molecule has 26 heavy (non-hydrogen) atoms. The first-order valence-electron chi connectivity index (χ1n) is 9.03. The van der Waals surface area contributed by atoms with Crippen LogP contribution in [0.1, 0.15) is 33.4 Å². The van der Waals surface area contributed by atoms with Crippen molar-refractivity contribution in [2.75, 3.05) is 0 Å². The average molecular weight is 346 g/mol. The normalized spacial score (nSPS) is 10.8. The Morgan fingerprint density at radius 3 is 0.923 bits per heavy atom. The van der Waals surface area contributed by atoms with Crippen LogP contribution in [0.5, 0.6) is 0 Å². The Balaban J connectivity index is 1.40. The van der Waals surface area contributed by atoms with Gasteiger partial charge in [-0.3, -0.25) is 0 Å². The van der Waals surface area contributed by atoms with E-state index < -0.39 is 0 Å². The first-order chi connectivity index (χ1) is 12.7. The summed E-state index contributed by atoms with van der Waals surface area (Å²) in [5.74, 6) is 0. The topological polar surface area (TPSA) is 18.5 Å². The van der Waals surface area contributed by atoms with Crippen molar-refractivity contribution >= 4 is 0 Å². The molecule has 0 aliphatic heterocycles. The standard InChI is InChI=1S/C24H26O2/c1-19-3-7-21(8-4-19)15-25-17-23-11-13-24(14-12-23)18-26-16-22-9-5-20(2)6-10-22/h3-14H,15-18H2,1-2H3. The van der Waals surface area contributed by atoms with Crippen molar-refractivity contribution in [3.63, 3.8) is 0 Å². The van der Waals surface area contributed by atoms with Gasteiger partial charge in [-0.1, -0.05) is 83.9 Å². The van der Waals surface area contributed by atoms with E-state index in [9.17, 15) is 0 Å². The summed E-state index contributed by atoms with van der Waals surface area (Å²) in [5.41, 5.74) is 7.31. The molecular weight excluding hydrogens is 320 g/mol. The van der Waals surface area contributed by atoms with Crippen LogP contribution >= 0.6 is 0 Å². The maximum absolute atomic E-state index is 5.80. The molecule has 0 N–H and O–H groups in total. The van der Waals surface area contributed by atoms with Crippen LogP contribution < -0.4 is 0 Å². The van der Waals surface area contributed by atoms with E-state index in [4.69, 9.17) is 9.47 Å². The third-order valence-corrected chi connectivity index (χ3v) is 4.34. The molecule has 0 aromatic heterocycles. The molecule has 0 saturated carbocycles. The highest BCUT2D eigenvalue weighted by Gasteiger charge is 1.99. The van der Waals surface area contributed by atoms with Gasteiger partial charge < -0.3 is 9.47 Å². The molecular formula is C24H26O2. The third kappa shape index (κ3) is 5.83. The minimum Gasteiger partial charge on any atom is -0.372 e. The fourth-order valence-corrected chi connectivity index (χ4v) is 2.67. The molecule has 2 heteroatoms. The van der Waals surface area contributed by atoms with Gasteiger partial charge in [0, 0.05) is 0 Å². The summed E-state index contributed by atoms with van der Waals surface area (Å²) in [4.78, 5) is 0. The second-order valence-electron chi connectivity index (χ2n) is 6.77. The first-order valence-corrected chi connectivity index (χ1v) is 9.03. The van der Waals surface area contributed by atoms with E-state index in [1.165, 1.54) is 33.4 Å². The number of rotatable bonds is 8. The quantitative estimate of drug-likeness (QED) is 0.518. The van der Waals surface area contributed by atoms with E-state index in [1.807, 2.05) is 0 Å². The molecule has 3 rings (SSSR count). The van der Waals surface area contributed by atoms with E-state index in [2.05, 4.69) is 86.6 Å². The molecule has 0 amide bonds. The van der Waals surface area contributed by atoms with Crippen molar-refractivity contribution in [1.82, 2.24) is 0 Å². The van der Waals surface area contributed by atoms with Gasteiger partial charge in [0.2, 0.25) is 0 Å². The number of aryl methyl sites for hydroxylation is 2. The molecule has 0 fully saturated rings. The molecule has 0 aliphatic carbocycles. The molecule has 0 bridgehead atoms. The summed E-state index contributed by atoms with van der Waals surface area (Å²) in [6.07, 6.45) is 0. The van der Waals surface area contributed by atoms with Gasteiger partial charge in [0.1, 0.15) is 0 Å². The van der Waals surface area contributed by atoms with Gasteiger partial charge >= 0.3 is 0 Å². The second-order valence-corrected chi connectivity index (χ2v) is 6.77. The van der Waals surface area contributed by atoms with Crippen LogP contribution in [0.3, 0.4) is 0 Å². The molecule has 2 nitrogen and oxygen atoms in total. The SMILES string of the molecule is Cc1ccc(COCc2ccc(COCc3ccc(C)cc3)cc2)cc1. The predicted molar refractivity (Wildman–Crippen MR) is 106 cm³/mol. The second kappa shape index (κ2) is 9.33. The van der Waals surface area contributed by atoms with Crippen LogP contribution in [0.15, 0.2) is 72.8 Å². The van der Waals surface area contributed by atoms with Crippen molar-refractivity contribution in [1.29, 1.82) is 0 Å². The van der Waals surface area contributed by atoms with Crippen molar-refractivity contribution in [3.8, 4) is 0 Å². The van der Waals surface area contributed by atoms with Gasteiger partial charge in [-0.2, -0.15) is 0 Å². The molecule has 3 aromatic rings. The molecule has 0 aliphatic rings. The Hall–Kier alpha value is -2.42. The predicted octanol–water partition coefficient (Wildman–Crippen LogP) is 5.74. The molecule has 134 valence electrons. The summed E-state index contributed by atoms with van der Waals surface area (Å²) < 4.78 is 11.6. The first kappa shape index (κ1) is 18.4. The number of hydrogen-bond donors (Lipinski definition) is 0. The fraction of sp³-hybridized carbons (Fsp3) is 0.250. The number of benzene rings is 3. The van der Waals surface area contributed by atoms with Crippen LogP contribution in [-0.2, 0) is 35.9 Å². The van der Waals surface area contributed by atoms with E-state index in [0.29, 0.717) is 26.4 Å². The molecule has 0 saturated heterocycles. The van der Waals surface area contributed by atoms with Gasteiger partial charge in [0.05, 0.1) is 26.4 Å². The lowest BCUT2D eigenvalue weighted by atomic mass is 10.1. The summed E-state index contributed by atoms with van der Waals surface area (Å²) >= 11 is 0. The molecule has 0 unspecified atom stereocenters. The lowest BCUT2D eigenvalue weighted by Gasteiger charge is -2.08. The van der Waals surface area contributed by atoms with Crippen LogP contribution in [0, 0.1) is 13.8 Å². The van der Waals surface area contributed by atoms with Gasteiger partial charge in [-0.25, -0.2) is 0 Å². The van der Waals surface area contributed by atoms with Crippen molar-refractivity contribution in [2.24, 2.45) is 0 Å². The lowest BCUT2D eigenvalue weighted by Crippen LogP contribution is -1.96. The van der Waals surface area contributed by atoms with Crippen LogP contribution in [0.4, 0.5) is 0 Å². The number of ether oxygens (including phenoxy) is 2. The van der Waals surface area contributed by atoms with E-state index in [-0.39, 0.29) is 0 Å². The summed E-state index contributed by atoms with van der Waals surface area (Å²) in [5, 5.41) is 0. The van der Waals surface area contributed by atoms with Crippen molar-refractivity contribution in [2.45, 2.75) is 40.3 Å². The molecule has 0 heterocycles. The van der Waals surface area contributed by atoms with Gasteiger partial charge in [-0.05, 0) is 36.1 Å². The molecule has 3 aromatic carbocycles. The van der Waals surface area contributed by atoms with E-state index in [1.54, 1.807) is 0 Å². The third-order valence-electron chi connectivity index (χ3n) is 4.34. The highest BCUT2D eigenvalue weighted by Crippen LogP contribution is 2.11. The fourth-order valence-electron chi connectivity index (χ4n) is 2.67. The summed E-state index contributed by atoms with van der Waals surface area (Å²) in [6.45, 7) is 6.72. The Kier molecular flexibility index (Phi) is 6.59. The largest absolute Gasteiger partial charge is 0.372 e. The summed E-state index contributed by atoms with van der Waals surface area (Å²) in [7, 11) is 0. The van der Waals surface area contributed by atoms with E-state index in [0.717, 1.165) is 0 Å². The Morgan fingerprint density at radius 1 is 0.423 bits per heavy atom. The van der Waals surface area contributed by atoms with Crippen LogP contribution in [-0.4, -0.2) is 0 Å². The molecule has 0 radical (unpaired) electrons. The highest BCUT2D eigenvalue weighted by atomic mass is 16.5. The Labute approximate surface area is 156 Å². The zero-order chi connectivity index (χ0) is 18.2. The van der Waals surface area contributed by atoms with Crippen LogP contribution in [0.25, 0.3) is 0 Å². The minimum absolute atomic E-state index is 0.623. The maximum Gasteiger partial charge on any atom is 0.0721 e. The Morgan fingerprint density at radius 2 is 0.654 bits per heavy atom. The minimum atomic E-state index is 0.623. The monoisotopic (exact) mass is 346 g/mol. The highest BCUT2D eigenvalue weighted by molar-refractivity contribution is 5.23. The smallest absolute Gasteiger partial charge is 0.0721 e. The van der Waals surface area contributed by atoms with Gasteiger partial charge in [0.25, 0.3) is 0 Å². The maximum atomic E-state index is 5.80. The molecule has 0 spiro atoms. The summed E-state index contributed by atoms with van der Waals surface area (Å²) in [6, 6.07) is 25.4. The Bertz CT molecular complexity index is 717. The van der Waals surface area contributed by atoms with Crippen molar-refractivity contribution in [3.05, 3.63) is 106 Å². The average Bonchev–Trinajstić information content (AvgIpc) is 2.66. The lowest BCUT2D eigenvalue weighted by molar-refractivity contribution is 0.105. The molecule has 0 atom stereocenters.